The zero-order chi connectivity index (χ0) is 24.9. The lowest BCUT2D eigenvalue weighted by atomic mass is 10.0. The van der Waals surface area contributed by atoms with Crippen molar-refractivity contribution in [2.45, 2.75) is 51.1 Å². The van der Waals surface area contributed by atoms with E-state index in [4.69, 9.17) is 16.3 Å². The number of H-pyrrole nitrogens is 1. The number of hydrogen-bond acceptors (Lipinski definition) is 6. The SMILES string of the molecule is CC.Cc1[nH]ncc1SNC(=O)c1ccc(-n2ccc(OCCC3(C(F)(F)F)CC3)n2)nc1Cl. The first-order valence-corrected chi connectivity index (χ1v) is 11.8. The lowest BCUT2D eigenvalue weighted by Gasteiger charge is -2.18. The molecule has 0 atom stereocenters. The number of rotatable bonds is 8. The summed E-state index contributed by atoms with van der Waals surface area (Å²) in [5.74, 6) is 0.0751. The third kappa shape index (κ3) is 5.84. The van der Waals surface area contributed by atoms with E-state index in [1.165, 1.54) is 16.8 Å². The Labute approximate surface area is 203 Å². The predicted octanol–water partition coefficient (Wildman–Crippen LogP) is 5.53. The van der Waals surface area contributed by atoms with Crippen LogP contribution in [0.3, 0.4) is 0 Å². The van der Waals surface area contributed by atoms with Crippen LogP contribution in [0.4, 0.5) is 13.2 Å². The summed E-state index contributed by atoms with van der Waals surface area (Å²) in [4.78, 5) is 17.3. The van der Waals surface area contributed by atoms with Crippen molar-refractivity contribution < 1.29 is 22.7 Å². The third-order valence-electron chi connectivity index (χ3n) is 5.20. The Morgan fingerprint density at radius 2 is 2.06 bits per heavy atom. The number of ether oxygens (including phenoxy) is 1. The van der Waals surface area contributed by atoms with Gasteiger partial charge in [0.05, 0.1) is 28.7 Å². The fraction of sp³-hybridized carbons (Fsp3) is 0.429. The molecule has 0 radical (unpaired) electrons. The highest BCUT2D eigenvalue weighted by atomic mass is 35.5. The van der Waals surface area contributed by atoms with Crippen molar-refractivity contribution in [1.29, 1.82) is 0 Å². The van der Waals surface area contributed by atoms with Gasteiger partial charge in [0.2, 0.25) is 5.88 Å². The van der Waals surface area contributed by atoms with Gasteiger partial charge >= 0.3 is 6.18 Å². The molecule has 1 amide bonds. The molecule has 0 spiro atoms. The van der Waals surface area contributed by atoms with Gasteiger partial charge in [0.25, 0.3) is 5.91 Å². The van der Waals surface area contributed by atoms with Gasteiger partial charge in [-0.25, -0.2) is 9.67 Å². The summed E-state index contributed by atoms with van der Waals surface area (Å²) in [6, 6.07) is 4.58. The third-order valence-corrected chi connectivity index (χ3v) is 6.41. The van der Waals surface area contributed by atoms with Gasteiger partial charge < -0.3 is 4.74 Å². The van der Waals surface area contributed by atoms with Crippen LogP contribution in [-0.4, -0.2) is 43.7 Å². The number of carbonyl (C=O) groups excluding carboxylic acids is 1. The zero-order valence-electron chi connectivity index (χ0n) is 18.7. The molecule has 4 rings (SSSR count). The molecule has 0 bridgehead atoms. The fourth-order valence-electron chi connectivity index (χ4n) is 3.01. The second-order valence-electron chi connectivity index (χ2n) is 7.38. The molecule has 0 aromatic carbocycles. The van der Waals surface area contributed by atoms with Crippen molar-refractivity contribution in [2.24, 2.45) is 5.41 Å². The number of pyridine rings is 1. The van der Waals surface area contributed by atoms with Crippen LogP contribution >= 0.6 is 23.5 Å². The van der Waals surface area contributed by atoms with Crippen LogP contribution in [0.5, 0.6) is 5.88 Å². The molecule has 0 aliphatic heterocycles. The molecule has 0 saturated heterocycles. The average Bonchev–Trinajstić information content (AvgIpc) is 3.28. The van der Waals surface area contributed by atoms with Crippen molar-refractivity contribution in [3.05, 3.63) is 47.0 Å². The molecular formula is C21H24ClF3N6O2S. The summed E-state index contributed by atoms with van der Waals surface area (Å²) < 4.78 is 48.4. The molecule has 34 heavy (non-hydrogen) atoms. The number of alkyl halides is 3. The van der Waals surface area contributed by atoms with Crippen molar-refractivity contribution in [3.63, 3.8) is 0 Å². The molecule has 0 unspecified atom stereocenters. The molecule has 184 valence electrons. The maximum atomic E-state index is 13.0. The number of aromatic nitrogens is 5. The Morgan fingerprint density at radius 3 is 2.65 bits per heavy atom. The zero-order valence-corrected chi connectivity index (χ0v) is 20.3. The highest BCUT2D eigenvalue weighted by Gasteiger charge is 2.62. The summed E-state index contributed by atoms with van der Waals surface area (Å²) in [7, 11) is 0. The van der Waals surface area contributed by atoms with E-state index in [0.717, 1.165) is 22.5 Å². The molecule has 1 aliphatic rings. The van der Waals surface area contributed by atoms with E-state index in [9.17, 15) is 18.0 Å². The van der Waals surface area contributed by atoms with Gasteiger partial charge in [-0.15, -0.1) is 5.10 Å². The van der Waals surface area contributed by atoms with Crippen LogP contribution in [0.1, 0.15) is 49.2 Å². The minimum absolute atomic E-state index is 0.0247. The van der Waals surface area contributed by atoms with E-state index < -0.39 is 17.5 Å². The largest absolute Gasteiger partial charge is 0.477 e. The molecule has 13 heteroatoms. The van der Waals surface area contributed by atoms with Crippen LogP contribution in [0.25, 0.3) is 5.82 Å². The van der Waals surface area contributed by atoms with E-state index in [-0.39, 0.29) is 42.5 Å². The number of aromatic amines is 1. The molecule has 1 saturated carbocycles. The number of hydrogen-bond donors (Lipinski definition) is 2. The number of amides is 1. The van der Waals surface area contributed by atoms with Crippen LogP contribution in [-0.2, 0) is 0 Å². The van der Waals surface area contributed by atoms with E-state index in [1.54, 1.807) is 18.5 Å². The van der Waals surface area contributed by atoms with Gasteiger partial charge in [0.15, 0.2) is 5.82 Å². The Balaban J connectivity index is 0.00000158. The fourth-order valence-corrected chi connectivity index (χ4v) is 3.86. The summed E-state index contributed by atoms with van der Waals surface area (Å²) in [5.41, 5.74) is -0.623. The van der Waals surface area contributed by atoms with Crippen molar-refractivity contribution >= 4 is 29.5 Å². The summed E-state index contributed by atoms with van der Waals surface area (Å²) in [6.07, 6.45) is -0.905. The van der Waals surface area contributed by atoms with Gasteiger partial charge in [-0.3, -0.25) is 14.6 Å². The standard InChI is InChI=1S/C19H18ClF3N6O2S.C2H6/c1-11-13(10-24-26-11)32-28-17(30)12-2-3-14(25-16(12)20)29-8-4-15(27-29)31-9-7-18(5-6-18)19(21,22)23;1-2/h2-4,8,10H,5-7,9H2,1H3,(H,24,26)(H,28,30);1-2H3. The molecule has 3 aromatic rings. The predicted molar refractivity (Wildman–Crippen MR) is 122 cm³/mol. The maximum Gasteiger partial charge on any atom is 0.394 e. The normalized spacial score (nSPS) is 14.2. The number of aryl methyl sites for hydroxylation is 1. The number of carbonyl (C=O) groups is 1. The maximum absolute atomic E-state index is 13.0. The molecule has 1 fully saturated rings. The second-order valence-corrected chi connectivity index (χ2v) is 8.58. The molecule has 2 N–H and O–H groups in total. The summed E-state index contributed by atoms with van der Waals surface area (Å²) >= 11 is 7.28. The van der Waals surface area contributed by atoms with E-state index in [0.29, 0.717) is 5.82 Å². The van der Waals surface area contributed by atoms with Gasteiger partial charge in [-0.05, 0) is 50.3 Å². The smallest absolute Gasteiger partial charge is 0.394 e. The van der Waals surface area contributed by atoms with Crippen LogP contribution in [0.2, 0.25) is 5.15 Å². The van der Waals surface area contributed by atoms with E-state index in [1.807, 2.05) is 20.8 Å². The van der Waals surface area contributed by atoms with Crippen LogP contribution in [0, 0.1) is 12.3 Å². The first-order chi connectivity index (χ1) is 16.2. The Bertz CT molecular complexity index is 1130. The topological polar surface area (TPSA) is 97.7 Å². The highest BCUT2D eigenvalue weighted by Crippen LogP contribution is 2.59. The monoisotopic (exact) mass is 516 g/mol. The number of nitrogens with one attached hydrogen (secondary N) is 2. The summed E-state index contributed by atoms with van der Waals surface area (Å²) in [6.45, 7) is 5.74. The van der Waals surface area contributed by atoms with Crippen LogP contribution < -0.4 is 9.46 Å². The highest BCUT2D eigenvalue weighted by molar-refractivity contribution is 7.98. The van der Waals surface area contributed by atoms with Crippen LogP contribution in [0.15, 0.2) is 35.5 Å². The van der Waals surface area contributed by atoms with Gasteiger partial charge in [0, 0.05) is 18.0 Å². The van der Waals surface area contributed by atoms with Gasteiger partial charge in [-0.2, -0.15) is 18.3 Å². The van der Waals surface area contributed by atoms with Crippen molar-refractivity contribution in [2.75, 3.05) is 6.61 Å². The molecular weight excluding hydrogens is 493 g/mol. The number of halogens is 4. The lowest BCUT2D eigenvalue weighted by Crippen LogP contribution is -2.26. The quantitative estimate of drug-likeness (QED) is 0.302. The van der Waals surface area contributed by atoms with Gasteiger partial charge in [-0.1, -0.05) is 25.4 Å². The minimum Gasteiger partial charge on any atom is -0.477 e. The second kappa shape index (κ2) is 10.7. The van der Waals surface area contributed by atoms with Crippen molar-refractivity contribution in [3.8, 4) is 11.7 Å². The van der Waals surface area contributed by atoms with Gasteiger partial charge in [0.1, 0.15) is 5.15 Å². The number of nitrogens with zero attached hydrogens (tertiary/aromatic N) is 4. The summed E-state index contributed by atoms with van der Waals surface area (Å²) in [5, 5.41) is 10.8. The lowest BCUT2D eigenvalue weighted by molar-refractivity contribution is -0.190. The molecule has 3 heterocycles. The van der Waals surface area contributed by atoms with Crippen molar-refractivity contribution in [1.82, 2.24) is 29.7 Å². The molecule has 8 nitrogen and oxygen atoms in total. The minimum atomic E-state index is -4.21. The first-order valence-electron chi connectivity index (χ1n) is 10.6. The Hall–Kier alpha value is -2.73. The molecule has 1 aliphatic carbocycles. The average molecular weight is 517 g/mol. The Kier molecular flexibility index (Phi) is 8.13. The van der Waals surface area contributed by atoms with E-state index >= 15 is 0 Å². The molecule has 3 aromatic heterocycles. The van der Waals surface area contributed by atoms with E-state index in [2.05, 4.69) is 25.0 Å². The first kappa shape index (κ1) is 25.9. The Morgan fingerprint density at radius 1 is 1.32 bits per heavy atom.